The predicted molar refractivity (Wildman–Crippen MR) is 74.9 cm³/mol. The summed E-state index contributed by atoms with van der Waals surface area (Å²) >= 11 is 0. The number of hydrogen-bond acceptors (Lipinski definition) is 5. The van der Waals surface area contributed by atoms with E-state index in [1.165, 1.54) is 4.80 Å². The molecule has 0 radical (unpaired) electrons. The molecule has 7 nitrogen and oxygen atoms in total. The lowest BCUT2D eigenvalue weighted by Gasteiger charge is -2.32. The molecule has 112 valence electrons. The summed E-state index contributed by atoms with van der Waals surface area (Å²) in [6.07, 6.45) is 2.71. The largest absolute Gasteiger partial charge is 0.342 e. The summed E-state index contributed by atoms with van der Waals surface area (Å²) in [6, 6.07) is -0.0645. The second-order valence-corrected chi connectivity index (χ2v) is 5.31. The molecule has 0 aliphatic carbocycles. The van der Waals surface area contributed by atoms with Crippen LogP contribution >= 0.6 is 0 Å². The van der Waals surface area contributed by atoms with Crippen LogP contribution in [-0.2, 0) is 18.3 Å². The lowest BCUT2D eigenvalue weighted by atomic mass is 9.89. The minimum absolute atomic E-state index is 0.0645. The highest BCUT2D eigenvalue weighted by atomic mass is 16.2. The third kappa shape index (κ3) is 3.53. The highest BCUT2D eigenvalue weighted by molar-refractivity contribution is 5.82. The Kier molecular flexibility index (Phi) is 5.05. The van der Waals surface area contributed by atoms with Gasteiger partial charge in [-0.25, -0.2) is 0 Å². The zero-order valence-corrected chi connectivity index (χ0v) is 12.5. The number of rotatable bonds is 5. The standard InChI is InChI=1S/C13H24N6O/c1-4-19(5-2)13(20)11-8-10(6-7-14-11)9-12-15-17-18(3)16-12/h10-11,14H,4-9H2,1-3H3. The number of aryl methyl sites for hydroxylation is 1. The van der Waals surface area contributed by atoms with Crippen LogP contribution in [0.2, 0.25) is 0 Å². The zero-order valence-electron chi connectivity index (χ0n) is 12.5. The maximum atomic E-state index is 12.4. The van der Waals surface area contributed by atoms with Crippen LogP contribution in [0, 0.1) is 5.92 Å². The van der Waals surface area contributed by atoms with Crippen LogP contribution in [0.25, 0.3) is 0 Å². The van der Waals surface area contributed by atoms with E-state index in [-0.39, 0.29) is 11.9 Å². The van der Waals surface area contributed by atoms with Gasteiger partial charge in [-0.15, -0.1) is 10.2 Å². The summed E-state index contributed by atoms with van der Waals surface area (Å²) < 4.78 is 0. The number of carbonyl (C=O) groups is 1. The van der Waals surface area contributed by atoms with Crippen molar-refractivity contribution < 1.29 is 4.79 Å². The van der Waals surface area contributed by atoms with Crippen LogP contribution in [0.5, 0.6) is 0 Å². The Balaban J connectivity index is 1.92. The molecule has 0 spiro atoms. The number of hydrogen-bond donors (Lipinski definition) is 1. The Hall–Kier alpha value is -1.50. The summed E-state index contributed by atoms with van der Waals surface area (Å²) in [4.78, 5) is 15.7. The SMILES string of the molecule is CCN(CC)C(=O)C1CC(Cc2nnn(C)n2)CCN1. The summed E-state index contributed by atoms with van der Waals surface area (Å²) in [5.41, 5.74) is 0. The van der Waals surface area contributed by atoms with Crippen LogP contribution in [-0.4, -0.2) is 56.7 Å². The fourth-order valence-corrected chi connectivity index (χ4v) is 2.79. The van der Waals surface area contributed by atoms with Crippen LogP contribution in [0.4, 0.5) is 0 Å². The maximum absolute atomic E-state index is 12.4. The molecule has 7 heteroatoms. The smallest absolute Gasteiger partial charge is 0.239 e. The van der Waals surface area contributed by atoms with Crippen molar-refractivity contribution in [3.63, 3.8) is 0 Å². The van der Waals surface area contributed by atoms with Crippen molar-refractivity contribution in [2.45, 2.75) is 39.2 Å². The quantitative estimate of drug-likeness (QED) is 0.821. The summed E-state index contributed by atoms with van der Waals surface area (Å²) in [5, 5.41) is 15.4. The minimum Gasteiger partial charge on any atom is -0.342 e. The van der Waals surface area contributed by atoms with Gasteiger partial charge in [0, 0.05) is 19.5 Å². The first-order valence-electron chi connectivity index (χ1n) is 7.39. The molecule has 2 unspecified atom stereocenters. The first kappa shape index (κ1) is 14.9. The Labute approximate surface area is 119 Å². The van der Waals surface area contributed by atoms with Gasteiger partial charge in [0.15, 0.2) is 5.82 Å². The Bertz CT molecular complexity index is 442. The zero-order chi connectivity index (χ0) is 14.5. The van der Waals surface area contributed by atoms with Gasteiger partial charge < -0.3 is 10.2 Å². The Morgan fingerprint density at radius 2 is 2.20 bits per heavy atom. The van der Waals surface area contributed by atoms with Crippen LogP contribution < -0.4 is 5.32 Å². The van der Waals surface area contributed by atoms with Crippen LogP contribution in [0.3, 0.4) is 0 Å². The van der Waals surface area contributed by atoms with E-state index in [1.54, 1.807) is 7.05 Å². The molecule has 1 fully saturated rings. The Morgan fingerprint density at radius 1 is 1.45 bits per heavy atom. The van der Waals surface area contributed by atoms with Gasteiger partial charge in [-0.3, -0.25) is 4.79 Å². The molecule has 0 saturated carbocycles. The molecule has 1 aliphatic rings. The third-order valence-electron chi connectivity index (χ3n) is 3.91. The predicted octanol–water partition coefficient (Wildman–Crippen LogP) is -0.0108. The van der Waals surface area contributed by atoms with Gasteiger partial charge in [-0.1, -0.05) is 0 Å². The molecule has 1 aromatic rings. The minimum atomic E-state index is -0.0645. The highest BCUT2D eigenvalue weighted by Crippen LogP contribution is 2.20. The van der Waals surface area contributed by atoms with Crippen molar-refractivity contribution in [3.05, 3.63) is 5.82 Å². The molecule has 1 saturated heterocycles. The van der Waals surface area contributed by atoms with Crippen molar-refractivity contribution >= 4 is 5.91 Å². The van der Waals surface area contributed by atoms with E-state index >= 15 is 0 Å². The number of piperidine rings is 1. The molecule has 2 rings (SSSR count). The van der Waals surface area contributed by atoms with E-state index in [1.807, 2.05) is 18.7 Å². The van der Waals surface area contributed by atoms with Crippen LogP contribution in [0.15, 0.2) is 0 Å². The van der Waals surface area contributed by atoms with Gasteiger partial charge >= 0.3 is 0 Å². The molecule has 20 heavy (non-hydrogen) atoms. The number of amides is 1. The van der Waals surface area contributed by atoms with Gasteiger partial charge in [0.05, 0.1) is 13.1 Å². The molecule has 0 aromatic carbocycles. The van der Waals surface area contributed by atoms with Gasteiger partial charge in [-0.05, 0) is 44.4 Å². The van der Waals surface area contributed by atoms with Gasteiger partial charge in [-0.2, -0.15) is 4.80 Å². The highest BCUT2D eigenvalue weighted by Gasteiger charge is 2.29. The van der Waals surface area contributed by atoms with Crippen LogP contribution in [0.1, 0.15) is 32.5 Å². The first-order valence-corrected chi connectivity index (χ1v) is 7.39. The second-order valence-electron chi connectivity index (χ2n) is 5.31. The second kappa shape index (κ2) is 6.78. The molecule has 1 amide bonds. The number of aromatic nitrogens is 4. The topological polar surface area (TPSA) is 75.9 Å². The molecule has 2 atom stereocenters. The molecule has 1 N–H and O–H groups in total. The fourth-order valence-electron chi connectivity index (χ4n) is 2.79. The van der Waals surface area contributed by atoms with E-state index in [2.05, 4.69) is 20.7 Å². The molecular formula is C13H24N6O. The summed E-state index contributed by atoms with van der Waals surface area (Å²) in [7, 11) is 1.77. The molecule has 2 heterocycles. The normalized spacial score (nSPS) is 22.8. The number of nitrogens with one attached hydrogen (secondary N) is 1. The maximum Gasteiger partial charge on any atom is 0.239 e. The van der Waals surface area contributed by atoms with Gasteiger partial charge in [0.2, 0.25) is 5.91 Å². The molecule has 1 aromatic heterocycles. The van der Waals surface area contributed by atoms with Crippen molar-refractivity contribution in [2.75, 3.05) is 19.6 Å². The van der Waals surface area contributed by atoms with Crippen molar-refractivity contribution in [1.29, 1.82) is 0 Å². The van der Waals surface area contributed by atoms with Crippen molar-refractivity contribution in [1.82, 2.24) is 30.4 Å². The van der Waals surface area contributed by atoms with E-state index in [0.717, 1.165) is 44.7 Å². The van der Waals surface area contributed by atoms with E-state index in [9.17, 15) is 4.79 Å². The average Bonchev–Trinajstić information content (AvgIpc) is 2.85. The van der Waals surface area contributed by atoms with E-state index < -0.39 is 0 Å². The van der Waals surface area contributed by atoms with Gasteiger partial charge in [0.1, 0.15) is 0 Å². The number of tetrazole rings is 1. The van der Waals surface area contributed by atoms with Gasteiger partial charge in [0.25, 0.3) is 0 Å². The van der Waals surface area contributed by atoms with E-state index in [0.29, 0.717) is 5.92 Å². The first-order chi connectivity index (χ1) is 9.63. The monoisotopic (exact) mass is 280 g/mol. The van der Waals surface area contributed by atoms with E-state index in [4.69, 9.17) is 0 Å². The summed E-state index contributed by atoms with van der Waals surface area (Å²) in [5.74, 6) is 1.44. The Morgan fingerprint density at radius 3 is 2.80 bits per heavy atom. The molecule has 0 bridgehead atoms. The lowest BCUT2D eigenvalue weighted by Crippen LogP contribution is -2.50. The number of carbonyl (C=O) groups excluding carboxylic acids is 1. The summed E-state index contributed by atoms with van der Waals surface area (Å²) in [6.45, 7) is 6.45. The molecule has 1 aliphatic heterocycles. The van der Waals surface area contributed by atoms with Crippen molar-refractivity contribution in [2.24, 2.45) is 13.0 Å². The average molecular weight is 280 g/mol. The number of nitrogens with zero attached hydrogens (tertiary/aromatic N) is 5. The molecular weight excluding hydrogens is 256 g/mol. The third-order valence-corrected chi connectivity index (χ3v) is 3.91. The number of likely N-dealkylation sites (N-methyl/N-ethyl adjacent to an activating group) is 1. The lowest BCUT2D eigenvalue weighted by molar-refractivity contribution is -0.134. The fraction of sp³-hybridized carbons (Fsp3) is 0.846. The van der Waals surface area contributed by atoms with Crippen molar-refractivity contribution in [3.8, 4) is 0 Å².